The van der Waals surface area contributed by atoms with E-state index in [1.54, 1.807) is 6.20 Å². The van der Waals surface area contributed by atoms with E-state index in [9.17, 15) is 0 Å². The maximum absolute atomic E-state index is 6.08. The molecule has 1 saturated carbocycles. The summed E-state index contributed by atoms with van der Waals surface area (Å²) in [6.07, 6.45) is 4.16. The number of nitrogens with one attached hydrogen (secondary N) is 1. The molecule has 3 nitrogen and oxygen atoms in total. The molecular formula is C9H12ClN3. The molecule has 1 heterocycles. The number of hydrogen-bond donors (Lipinski definition) is 2. The Morgan fingerprint density at radius 2 is 2.38 bits per heavy atom. The third kappa shape index (κ3) is 1.92. The van der Waals surface area contributed by atoms with E-state index in [-0.39, 0.29) is 0 Å². The number of rotatable bonds is 3. The molecule has 1 aromatic rings. The van der Waals surface area contributed by atoms with Crippen molar-refractivity contribution in [3.8, 4) is 0 Å². The average Bonchev–Trinajstić information content (AvgIpc) is 2.92. The molecule has 1 fully saturated rings. The summed E-state index contributed by atoms with van der Waals surface area (Å²) in [5.41, 5.74) is 6.47. The maximum Gasteiger partial charge on any atom is 0.145 e. The van der Waals surface area contributed by atoms with Crippen molar-refractivity contribution in [2.24, 2.45) is 5.73 Å². The Kier molecular flexibility index (Phi) is 2.38. The zero-order valence-corrected chi connectivity index (χ0v) is 8.01. The van der Waals surface area contributed by atoms with Gasteiger partial charge in [0.25, 0.3) is 0 Å². The second-order valence-electron chi connectivity index (χ2n) is 3.26. The van der Waals surface area contributed by atoms with Crippen molar-refractivity contribution in [3.05, 3.63) is 22.8 Å². The monoisotopic (exact) mass is 197 g/mol. The molecule has 0 amide bonds. The van der Waals surface area contributed by atoms with Crippen LogP contribution < -0.4 is 11.1 Å². The largest absolute Gasteiger partial charge is 0.366 e. The Morgan fingerprint density at radius 1 is 1.62 bits per heavy atom. The second-order valence-corrected chi connectivity index (χ2v) is 3.63. The van der Waals surface area contributed by atoms with Gasteiger partial charge in [0, 0.05) is 18.8 Å². The smallest absolute Gasteiger partial charge is 0.145 e. The van der Waals surface area contributed by atoms with Gasteiger partial charge in [-0.15, -0.1) is 0 Å². The number of pyridine rings is 1. The van der Waals surface area contributed by atoms with E-state index in [1.165, 1.54) is 12.8 Å². The summed E-state index contributed by atoms with van der Waals surface area (Å²) in [6, 6.07) is 2.42. The number of halogens is 1. The van der Waals surface area contributed by atoms with Crippen LogP contribution in [0.1, 0.15) is 18.4 Å². The SMILES string of the molecule is NCc1ccnc(NC2CC2)c1Cl. The zero-order chi connectivity index (χ0) is 9.26. The third-order valence-corrected chi connectivity index (χ3v) is 2.53. The van der Waals surface area contributed by atoms with Gasteiger partial charge in [0.05, 0.1) is 5.02 Å². The Balaban J connectivity index is 2.22. The van der Waals surface area contributed by atoms with Gasteiger partial charge in [-0.25, -0.2) is 4.98 Å². The normalized spacial score (nSPS) is 15.8. The van der Waals surface area contributed by atoms with Crippen LogP contribution in [-0.2, 0) is 6.54 Å². The first-order valence-electron chi connectivity index (χ1n) is 4.41. The lowest BCUT2D eigenvalue weighted by Crippen LogP contribution is -2.06. The highest BCUT2D eigenvalue weighted by atomic mass is 35.5. The number of aromatic nitrogens is 1. The van der Waals surface area contributed by atoms with Crippen LogP contribution in [0, 0.1) is 0 Å². The highest BCUT2D eigenvalue weighted by Crippen LogP contribution is 2.29. The number of hydrogen-bond acceptors (Lipinski definition) is 3. The van der Waals surface area contributed by atoms with Crippen LogP contribution in [0.5, 0.6) is 0 Å². The summed E-state index contributed by atoms with van der Waals surface area (Å²) in [5, 5.41) is 3.92. The number of nitrogens with two attached hydrogens (primary N) is 1. The fourth-order valence-electron chi connectivity index (χ4n) is 1.16. The van der Waals surface area contributed by atoms with Crippen LogP contribution in [0.15, 0.2) is 12.3 Å². The molecule has 70 valence electrons. The molecule has 0 bridgehead atoms. The summed E-state index contributed by atoms with van der Waals surface area (Å²) >= 11 is 6.08. The van der Waals surface area contributed by atoms with E-state index >= 15 is 0 Å². The van der Waals surface area contributed by atoms with Gasteiger partial charge in [0.1, 0.15) is 5.82 Å². The predicted molar refractivity (Wildman–Crippen MR) is 53.8 cm³/mol. The van der Waals surface area contributed by atoms with Gasteiger partial charge in [-0.05, 0) is 24.5 Å². The molecular weight excluding hydrogens is 186 g/mol. The minimum atomic E-state index is 0.459. The lowest BCUT2D eigenvalue weighted by atomic mass is 10.2. The minimum absolute atomic E-state index is 0.459. The van der Waals surface area contributed by atoms with Crippen molar-refractivity contribution in [2.75, 3.05) is 5.32 Å². The van der Waals surface area contributed by atoms with Crippen LogP contribution in [0.3, 0.4) is 0 Å². The first-order chi connectivity index (χ1) is 6.31. The predicted octanol–water partition coefficient (Wildman–Crippen LogP) is 1.77. The highest BCUT2D eigenvalue weighted by Gasteiger charge is 2.22. The zero-order valence-electron chi connectivity index (χ0n) is 7.26. The van der Waals surface area contributed by atoms with E-state index in [1.807, 2.05) is 6.07 Å². The van der Waals surface area contributed by atoms with E-state index in [0.29, 0.717) is 17.6 Å². The van der Waals surface area contributed by atoms with E-state index in [4.69, 9.17) is 17.3 Å². The highest BCUT2D eigenvalue weighted by molar-refractivity contribution is 6.33. The second kappa shape index (κ2) is 3.52. The average molecular weight is 198 g/mol. The first kappa shape index (κ1) is 8.78. The third-order valence-electron chi connectivity index (χ3n) is 2.11. The molecule has 0 aliphatic heterocycles. The van der Waals surface area contributed by atoms with Crippen molar-refractivity contribution in [1.29, 1.82) is 0 Å². The van der Waals surface area contributed by atoms with Gasteiger partial charge in [-0.3, -0.25) is 0 Å². The lowest BCUT2D eigenvalue weighted by molar-refractivity contribution is 1.04. The molecule has 3 N–H and O–H groups in total. The summed E-state index contributed by atoms with van der Waals surface area (Å²) in [4.78, 5) is 4.17. The standard InChI is InChI=1S/C9H12ClN3/c10-8-6(5-11)3-4-12-9(8)13-7-1-2-7/h3-4,7H,1-2,5,11H2,(H,12,13). The van der Waals surface area contributed by atoms with Crippen LogP contribution >= 0.6 is 11.6 Å². The maximum atomic E-state index is 6.08. The quantitative estimate of drug-likeness (QED) is 0.777. The number of anilines is 1. The molecule has 0 spiro atoms. The van der Waals surface area contributed by atoms with Crippen LogP contribution in [0.25, 0.3) is 0 Å². The molecule has 0 radical (unpaired) electrons. The molecule has 1 aliphatic rings. The van der Waals surface area contributed by atoms with Crippen LogP contribution in [-0.4, -0.2) is 11.0 Å². The Bertz CT molecular complexity index is 310. The topological polar surface area (TPSA) is 50.9 Å². The molecule has 4 heteroatoms. The molecule has 1 aromatic heterocycles. The number of nitrogens with zero attached hydrogens (tertiary/aromatic N) is 1. The summed E-state index contributed by atoms with van der Waals surface area (Å²) in [6.45, 7) is 0.459. The summed E-state index contributed by atoms with van der Waals surface area (Å²) < 4.78 is 0. The molecule has 0 aromatic carbocycles. The van der Waals surface area contributed by atoms with Gasteiger partial charge in [-0.2, -0.15) is 0 Å². The lowest BCUT2D eigenvalue weighted by Gasteiger charge is -2.08. The van der Waals surface area contributed by atoms with Crippen molar-refractivity contribution in [2.45, 2.75) is 25.4 Å². The van der Waals surface area contributed by atoms with Gasteiger partial charge < -0.3 is 11.1 Å². The molecule has 1 aliphatic carbocycles. The van der Waals surface area contributed by atoms with Crippen LogP contribution in [0.4, 0.5) is 5.82 Å². The Labute approximate surface area is 82.3 Å². The van der Waals surface area contributed by atoms with E-state index in [0.717, 1.165) is 11.4 Å². The molecule has 13 heavy (non-hydrogen) atoms. The fourth-order valence-corrected chi connectivity index (χ4v) is 1.41. The van der Waals surface area contributed by atoms with Crippen molar-refractivity contribution in [3.63, 3.8) is 0 Å². The van der Waals surface area contributed by atoms with Crippen molar-refractivity contribution in [1.82, 2.24) is 4.98 Å². The molecule has 0 unspecified atom stereocenters. The van der Waals surface area contributed by atoms with Crippen molar-refractivity contribution < 1.29 is 0 Å². The molecule has 0 atom stereocenters. The summed E-state index contributed by atoms with van der Waals surface area (Å²) in [5.74, 6) is 0.770. The van der Waals surface area contributed by atoms with Crippen LogP contribution in [0.2, 0.25) is 5.02 Å². The van der Waals surface area contributed by atoms with Gasteiger partial charge in [0.15, 0.2) is 0 Å². The van der Waals surface area contributed by atoms with Crippen molar-refractivity contribution >= 4 is 17.4 Å². The van der Waals surface area contributed by atoms with Gasteiger partial charge in [-0.1, -0.05) is 11.6 Å². The van der Waals surface area contributed by atoms with Gasteiger partial charge in [0.2, 0.25) is 0 Å². The van der Waals surface area contributed by atoms with E-state index < -0.39 is 0 Å². The molecule has 2 rings (SSSR count). The summed E-state index contributed by atoms with van der Waals surface area (Å²) in [7, 11) is 0. The van der Waals surface area contributed by atoms with E-state index in [2.05, 4.69) is 10.3 Å². The van der Waals surface area contributed by atoms with Gasteiger partial charge >= 0.3 is 0 Å². The fraction of sp³-hybridized carbons (Fsp3) is 0.444. The molecule has 0 saturated heterocycles. The Morgan fingerprint density at radius 3 is 3.00 bits per heavy atom. The Hall–Kier alpha value is -0.800. The minimum Gasteiger partial charge on any atom is -0.366 e. The first-order valence-corrected chi connectivity index (χ1v) is 4.79.